The van der Waals surface area contributed by atoms with Crippen LogP contribution < -0.4 is 5.32 Å². The number of likely N-dealkylation sites (N-methyl/N-ethyl adjacent to an activating group) is 1. The maximum atomic E-state index is 14.1. The van der Waals surface area contributed by atoms with Crippen LogP contribution in [0, 0.1) is 5.82 Å². The normalized spacial score (nSPS) is 22.7. The molecule has 32 heavy (non-hydrogen) atoms. The van der Waals surface area contributed by atoms with Crippen molar-refractivity contribution in [2.75, 3.05) is 32.5 Å². The number of aromatic nitrogens is 2. The summed E-state index contributed by atoms with van der Waals surface area (Å²) >= 11 is 0. The molecule has 1 aliphatic carbocycles. The average molecular weight is 438 g/mol. The van der Waals surface area contributed by atoms with Crippen molar-refractivity contribution in [2.24, 2.45) is 0 Å². The van der Waals surface area contributed by atoms with Crippen molar-refractivity contribution in [3.8, 4) is 0 Å². The summed E-state index contributed by atoms with van der Waals surface area (Å²) in [6.45, 7) is 2.53. The second-order valence-corrected chi connectivity index (χ2v) is 9.55. The van der Waals surface area contributed by atoms with Crippen LogP contribution in [-0.4, -0.2) is 52.9 Å². The molecule has 1 amide bonds. The van der Waals surface area contributed by atoms with Crippen LogP contribution in [0.15, 0.2) is 24.3 Å². The Labute approximate surface area is 189 Å². The van der Waals surface area contributed by atoms with E-state index in [0.717, 1.165) is 87.5 Å². The van der Waals surface area contributed by atoms with Gasteiger partial charge in [-0.1, -0.05) is 25.0 Å². The Kier molecular flexibility index (Phi) is 5.61. The van der Waals surface area contributed by atoms with Crippen molar-refractivity contribution >= 4 is 11.7 Å². The Balaban J connectivity index is 1.50. The predicted molar refractivity (Wildman–Crippen MR) is 122 cm³/mol. The molecule has 0 spiro atoms. The zero-order valence-electron chi connectivity index (χ0n) is 19.0. The Bertz CT molecular complexity index is 1000. The molecule has 1 saturated carbocycles. The smallest absolute Gasteiger partial charge is 0.233 e. The first-order valence-electron chi connectivity index (χ1n) is 11.8. The number of likely N-dealkylation sites (tertiary alicyclic amines) is 1. The van der Waals surface area contributed by atoms with E-state index in [1.54, 1.807) is 12.1 Å². The predicted octanol–water partition coefficient (Wildman–Crippen LogP) is 3.82. The number of hydrogen-bond acceptors (Lipinski definition) is 5. The molecule has 1 aromatic carbocycles. The second kappa shape index (κ2) is 8.43. The molecule has 3 heterocycles. The molecule has 2 fully saturated rings. The number of benzene rings is 1. The fraction of sp³-hybridized carbons (Fsp3) is 0.560. The van der Waals surface area contributed by atoms with Gasteiger partial charge in [0.15, 0.2) is 5.82 Å². The summed E-state index contributed by atoms with van der Waals surface area (Å²) in [5.41, 5.74) is 2.65. The quantitative estimate of drug-likeness (QED) is 0.788. The number of nitrogens with one attached hydrogen (secondary N) is 1. The van der Waals surface area contributed by atoms with Gasteiger partial charge in [0, 0.05) is 32.2 Å². The van der Waals surface area contributed by atoms with E-state index in [1.165, 1.54) is 17.7 Å². The average Bonchev–Trinajstić information content (AvgIpc) is 3.49. The van der Waals surface area contributed by atoms with E-state index >= 15 is 0 Å². The SMILES string of the molecule is CNc1nc([C@H]2CCCN2C(=O)C2(c3ccc(F)cc3)CCCC2)nc2c1CCN(C)C2. The van der Waals surface area contributed by atoms with Gasteiger partial charge in [0.2, 0.25) is 5.91 Å². The number of halogens is 1. The second-order valence-electron chi connectivity index (χ2n) is 9.55. The summed E-state index contributed by atoms with van der Waals surface area (Å²) in [5, 5.41) is 3.26. The molecule has 1 aromatic heterocycles. The number of carbonyl (C=O) groups excluding carboxylic acids is 1. The number of carbonyl (C=O) groups is 1. The fourth-order valence-electron chi connectivity index (χ4n) is 5.86. The molecule has 0 bridgehead atoms. The van der Waals surface area contributed by atoms with E-state index in [1.807, 2.05) is 11.9 Å². The lowest BCUT2D eigenvalue weighted by Crippen LogP contribution is -2.45. The van der Waals surface area contributed by atoms with E-state index < -0.39 is 5.41 Å². The van der Waals surface area contributed by atoms with Gasteiger partial charge in [0.25, 0.3) is 0 Å². The summed E-state index contributed by atoms with van der Waals surface area (Å²) in [6.07, 6.45) is 6.44. The Morgan fingerprint density at radius 2 is 1.88 bits per heavy atom. The van der Waals surface area contributed by atoms with Crippen LogP contribution in [0.3, 0.4) is 0 Å². The molecule has 0 unspecified atom stereocenters. The van der Waals surface area contributed by atoms with Gasteiger partial charge in [0.05, 0.1) is 17.2 Å². The van der Waals surface area contributed by atoms with Crippen molar-refractivity contribution < 1.29 is 9.18 Å². The van der Waals surface area contributed by atoms with E-state index in [4.69, 9.17) is 9.97 Å². The highest BCUT2D eigenvalue weighted by molar-refractivity contribution is 5.89. The first kappa shape index (κ1) is 21.3. The number of fused-ring (bicyclic) bond motifs is 1. The van der Waals surface area contributed by atoms with Crippen LogP contribution >= 0.6 is 0 Å². The monoisotopic (exact) mass is 437 g/mol. The van der Waals surface area contributed by atoms with Gasteiger partial charge in [-0.05, 0) is 56.8 Å². The standard InChI is InChI=1S/C25H32FN5O/c1-27-22-19-11-15-30(2)16-20(19)28-23(29-22)21-6-5-14-31(21)24(32)25(12-3-4-13-25)17-7-9-18(26)10-8-17/h7-10,21H,3-6,11-16H2,1-2H3,(H,27,28,29)/t21-/m1/s1. The van der Waals surface area contributed by atoms with Crippen molar-refractivity contribution in [1.29, 1.82) is 0 Å². The first-order valence-corrected chi connectivity index (χ1v) is 11.8. The summed E-state index contributed by atoms with van der Waals surface area (Å²) in [5.74, 6) is 1.54. The zero-order valence-corrected chi connectivity index (χ0v) is 19.0. The number of amides is 1. The molecule has 1 atom stereocenters. The maximum absolute atomic E-state index is 14.1. The number of anilines is 1. The lowest BCUT2D eigenvalue weighted by molar-refractivity contribution is -0.138. The minimum absolute atomic E-state index is 0.106. The van der Waals surface area contributed by atoms with Crippen LogP contribution in [0.25, 0.3) is 0 Å². The first-order chi connectivity index (χ1) is 15.5. The number of rotatable bonds is 4. The molecular weight excluding hydrogens is 405 g/mol. The van der Waals surface area contributed by atoms with Gasteiger partial charge in [-0.2, -0.15) is 0 Å². The highest BCUT2D eigenvalue weighted by atomic mass is 19.1. The molecule has 2 aliphatic heterocycles. The summed E-state index contributed by atoms with van der Waals surface area (Å²) in [7, 11) is 4.02. The van der Waals surface area contributed by atoms with Gasteiger partial charge in [-0.3, -0.25) is 4.79 Å². The van der Waals surface area contributed by atoms with Crippen molar-refractivity contribution in [2.45, 2.75) is 62.9 Å². The third kappa shape index (κ3) is 3.56. The zero-order chi connectivity index (χ0) is 22.3. The van der Waals surface area contributed by atoms with Crippen LogP contribution in [0.4, 0.5) is 10.2 Å². The molecule has 0 radical (unpaired) electrons. The molecule has 1 saturated heterocycles. The van der Waals surface area contributed by atoms with Crippen LogP contribution in [0.5, 0.6) is 0 Å². The van der Waals surface area contributed by atoms with Gasteiger partial charge in [0.1, 0.15) is 11.6 Å². The van der Waals surface area contributed by atoms with Gasteiger partial charge in [-0.15, -0.1) is 0 Å². The molecule has 2 aromatic rings. The van der Waals surface area contributed by atoms with Crippen LogP contribution in [0.2, 0.25) is 0 Å². The summed E-state index contributed by atoms with van der Waals surface area (Å²) in [6, 6.07) is 6.45. The van der Waals surface area contributed by atoms with E-state index in [2.05, 4.69) is 17.3 Å². The lowest BCUT2D eigenvalue weighted by atomic mass is 9.77. The summed E-state index contributed by atoms with van der Waals surface area (Å²) < 4.78 is 13.6. The fourth-order valence-corrected chi connectivity index (χ4v) is 5.86. The van der Waals surface area contributed by atoms with E-state index in [0.29, 0.717) is 0 Å². The summed E-state index contributed by atoms with van der Waals surface area (Å²) in [4.78, 5) is 28.3. The van der Waals surface area contributed by atoms with Gasteiger partial charge < -0.3 is 15.1 Å². The molecule has 1 N–H and O–H groups in total. The Hall–Kier alpha value is -2.54. The van der Waals surface area contributed by atoms with E-state index in [-0.39, 0.29) is 17.8 Å². The maximum Gasteiger partial charge on any atom is 0.233 e. The number of hydrogen-bond donors (Lipinski definition) is 1. The highest BCUT2D eigenvalue weighted by Crippen LogP contribution is 2.45. The molecular formula is C25H32FN5O. The van der Waals surface area contributed by atoms with Crippen molar-refractivity contribution in [3.05, 3.63) is 52.7 Å². The molecule has 170 valence electrons. The third-order valence-electron chi connectivity index (χ3n) is 7.59. The molecule has 7 heteroatoms. The molecule has 3 aliphatic rings. The third-order valence-corrected chi connectivity index (χ3v) is 7.59. The van der Waals surface area contributed by atoms with Gasteiger partial charge >= 0.3 is 0 Å². The van der Waals surface area contributed by atoms with Crippen molar-refractivity contribution in [1.82, 2.24) is 19.8 Å². The Morgan fingerprint density at radius 3 is 2.59 bits per heavy atom. The van der Waals surface area contributed by atoms with Crippen molar-refractivity contribution in [3.63, 3.8) is 0 Å². The largest absolute Gasteiger partial charge is 0.373 e. The minimum Gasteiger partial charge on any atom is -0.373 e. The van der Waals surface area contributed by atoms with Crippen LogP contribution in [0.1, 0.15) is 67.2 Å². The van der Waals surface area contributed by atoms with Gasteiger partial charge in [-0.25, -0.2) is 14.4 Å². The van der Waals surface area contributed by atoms with E-state index in [9.17, 15) is 9.18 Å². The molecule has 5 rings (SSSR count). The van der Waals surface area contributed by atoms with Crippen LogP contribution in [-0.2, 0) is 23.2 Å². The highest BCUT2D eigenvalue weighted by Gasteiger charge is 2.48. The lowest BCUT2D eigenvalue weighted by Gasteiger charge is -2.36. The molecule has 6 nitrogen and oxygen atoms in total. The minimum atomic E-state index is -0.559. The number of nitrogens with zero attached hydrogens (tertiary/aromatic N) is 4. The Morgan fingerprint density at radius 1 is 1.12 bits per heavy atom. The topological polar surface area (TPSA) is 61.4 Å².